The minimum absolute atomic E-state index is 0.0714. The number of fused-ring (bicyclic) bond motifs is 1. The normalized spacial score (nSPS) is 20.7. The van der Waals surface area contributed by atoms with Gasteiger partial charge >= 0.3 is 0 Å². The second-order valence-electron chi connectivity index (χ2n) is 23.6. The lowest BCUT2D eigenvalue weighted by molar-refractivity contribution is 0.224. The van der Waals surface area contributed by atoms with Crippen molar-refractivity contribution in [2.45, 2.75) is 157 Å². The van der Waals surface area contributed by atoms with Crippen LogP contribution in [0.3, 0.4) is 0 Å². The lowest BCUT2D eigenvalue weighted by Crippen LogP contribution is -2.20. The van der Waals surface area contributed by atoms with Crippen LogP contribution in [0.4, 0.5) is 0 Å². The number of aromatic hydroxyl groups is 1. The SMILES string of the molecule is [2H]c1cnc(-c2cc(-c3cccc4c3nc(-c3cc(C(C([2H])([2H])[2H])(C([2H])([2H])[2H])C([2H])([2H])[2H])cc(C(C([2H])([2H])[2H])(C([2H])([2H])[2H])C([2H])([2H])[2H])c3O)n4-c3ccc(C(C)(C)C)cc3-c3ccccc3)cc(C(C)(C)C)c2)c([2H])c1-c1ccc(-c2ccc(C3([2H])CCC(C)(C)CC3)cc2C([2H])([2H])[2H])cc1. The topological polar surface area (TPSA) is 50.9 Å². The average molecular weight is 1040 g/mol. The molecule has 2 aromatic heterocycles. The number of phenolic OH excluding ortho intramolecular Hbond substituents is 1. The summed E-state index contributed by atoms with van der Waals surface area (Å²) in [5.74, 6) is -2.84. The van der Waals surface area contributed by atoms with Crippen LogP contribution in [0.1, 0.15) is 194 Å². The second-order valence-corrected chi connectivity index (χ2v) is 23.6. The summed E-state index contributed by atoms with van der Waals surface area (Å²) in [6, 6.07) is 37.7. The lowest BCUT2D eigenvalue weighted by atomic mass is 9.71. The molecule has 0 radical (unpaired) electrons. The molecule has 1 N–H and O–H groups in total. The predicted octanol–water partition coefficient (Wildman–Crippen LogP) is 20.3. The van der Waals surface area contributed by atoms with Crippen LogP contribution in [-0.4, -0.2) is 19.6 Å². The zero-order valence-corrected chi connectivity index (χ0v) is 45.0. The lowest BCUT2D eigenvalue weighted by Gasteiger charge is -2.34. The monoisotopic (exact) mass is 1040 g/mol. The number of nitrogens with zero attached hydrogens (tertiary/aromatic N) is 3. The molecule has 2 heterocycles. The molecular weight excluding hydrogens is 935 g/mol. The van der Waals surface area contributed by atoms with Gasteiger partial charge in [-0.2, -0.15) is 0 Å². The molecule has 0 aliphatic heterocycles. The van der Waals surface area contributed by atoms with Crippen molar-refractivity contribution < 1.29 is 38.0 Å². The van der Waals surface area contributed by atoms with Gasteiger partial charge in [0.05, 0.1) is 30.7 Å². The largest absolute Gasteiger partial charge is 0.507 e. The summed E-state index contributed by atoms with van der Waals surface area (Å²) < 4.78 is 215. The maximum Gasteiger partial charge on any atom is 0.149 e. The van der Waals surface area contributed by atoms with Gasteiger partial charge in [0.25, 0.3) is 0 Å². The van der Waals surface area contributed by atoms with Crippen molar-refractivity contribution in [1.29, 1.82) is 0 Å². The van der Waals surface area contributed by atoms with Gasteiger partial charge in [0.2, 0.25) is 0 Å². The van der Waals surface area contributed by atoms with E-state index < -0.39 is 104 Å². The van der Waals surface area contributed by atoms with Gasteiger partial charge in [0.15, 0.2) is 0 Å². The molecule has 394 valence electrons. The number of hydrogen-bond donors (Lipinski definition) is 1. The fourth-order valence-electron chi connectivity index (χ4n) is 10.5. The summed E-state index contributed by atoms with van der Waals surface area (Å²) in [4.78, 5) is 9.93. The Labute approximate surface area is 494 Å². The summed E-state index contributed by atoms with van der Waals surface area (Å²) in [7, 11) is 0. The van der Waals surface area contributed by atoms with Crippen LogP contribution in [-0.2, 0) is 21.7 Å². The zero-order chi connectivity index (χ0) is 75.1. The van der Waals surface area contributed by atoms with Crippen LogP contribution >= 0.6 is 0 Å². The van der Waals surface area contributed by atoms with E-state index in [9.17, 15) is 9.22 Å². The van der Waals surface area contributed by atoms with Gasteiger partial charge in [-0.3, -0.25) is 9.55 Å². The van der Waals surface area contributed by atoms with E-state index in [2.05, 4.69) is 13.8 Å². The predicted molar refractivity (Wildman–Crippen MR) is 328 cm³/mol. The van der Waals surface area contributed by atoms with Crippen molar-refractivity contribution in [3.8, 4) is 78.6 Å². The average Bonchev–Trinajstić information content (AvgIpc) is 1.28. The number of imidazole rings is 1. The van der Waals surface area contributed by atoms with E-state index in [-0.39, 0.29) is 57.1 Å². The molecule has 9 aromatic rings. The van der Waals surface area contributed by atoms with Crippen molar-refractivity contribution in [3.63, 3.8) is 0 Å². The summed E-state index contributed by atoms with van der Waals surface area (Å²) in [6.45, 7) is -11.2. The highest BCUT2D eigenvalue weighted by Gasteiger charge is 2.31. The molecule has 4 nitrogen and oxygen atoms in total. The molecule has 0 bridgehead atoms. The number of pyridine rings is 1. The van der Waals surface area contributed by atoms with Gasteiger partial charge in [-0.15, -0.1) is 0 Å². The van der Waals surface area contributed by atoms with Crippen LogP contribution in [0.15, 0.2) is 158 Å². The van der Waals surface area contributed by atoms with Crippen LogP contribution in [0.2, 0.25) is 0 Å². The van der Waals surface area contributed by atoms with Gasteiger partial charge in [-0.05, 0) is 175 Å². The molecule has 0 amide bonds. The minimum Gasteiger partial charge on any atom is -0.507 e. The number of rotatable bonds is 8. The first kappa shape index (κ1) is 31.4. The quantitative estimate of drug-likeness (QED) is 0.165. The Kier molecular flexibility index (Phi) is 8.05. The van der Waals surface area contributed by atoms with E-state index in [1.54, 1.807) is 84.9 Å². The van der Waals surface area contributed by atoms with Crippen LogP contribution in [0.5, 0.6) is 5.75 Å². The number of hydrogen-bond acceptors (Lipinski definition) is 3. The van der Waals surface area contributed by atoms with E-state index in [4.69, 9.17) is 38.8 Å². The molecule has 1 saturated carbocycles. The molecule has 0 spiro atoms. The van der Waals surface area contributed by atoms with E-state index in [1.165, 1.54) is 10.8 Å². The third kappa shape index (κ3) is 10.8. The number of para-hydroxylation sites is 1. The van der Waals surface area contributed by atoms with E-state index in [1.807, 2.05) is 84.0 Å². The molecule has 1 fully saturated rings. The van der Waals surface area contributed by atoms with Crippen LogP contribution < -0.4 is 0 Å². The first-order valence-electron chi connectivity index (χ1n) is 38.1. The van der Waals surface area contributed by atoms with Crippen LogP contribution in [0.25, 0.3) is 83.9 Å². The molecule has 4 heteroatoms. The second kappa shape index (κ2) is 19.8. The van der Waals surface area contributed by atoms with Crippen molar-refractivity contribution >= 4 is 11.0 Å². The molecule has 7 aromatic carbocycles. The van der Waals surface area contributed by atoms with E-state index >= 15 is 0 Å². The first-order valence-corrected chi connectivity index (χ1v) is 26.1. The molecule has 1 aliphatic rings. The summed E-state index contributed by atoms with van der Waals surface area (Å²) in [6.07, 6.45) is 4.17. The molecular formula is C73H81N3O. The molecule has 10 rings (SSSR count). The van der Waals surface area contributed by atoms with Gasteiger partial charge in [0.1, 0.15) is 11.6 Å². The van der Waals surface area contributed by atoms with E-state index in [0.29, 0.717) is 74.5 Å². The van der Waals surface area contributed by atoms with Gasteiger partial charge in [-0.1, -0.05) is 200 Å². The molecule has 0 saturated heterocycles. The molecule has 1 aliphatic carbocycles. The number of aromatic nitrogens is 3. The highest BCUT2D eigenvalue weighted by atomic mass is 16.3. The Hall–Kier alpha value is -7.04. The zero-order valence-electron chi connectivity index (χ0n) is 69.0. The molecule has 0 unspecified atom stereocenters. The Morgan fingerprint density at radius 3 is 1.94 bits per heavy atom. The first-order chi connectivity index (χ1) is 46.1. The van der Waals surface area contributed by atoms with Crippen molar-refractivity contribution in [1.82, 2.24) is 14.5 Å². The fraction of sp³-hybridized carbons (Fsp3) is 0.342. The smallest absolute Gasteiger partial charge is 0.149 e. The summed E-state index contributed by atoms with van der Waals surface area (Å²) in [5, 5.41) is 13.2. The maximum atomic E-state index is 13.2. The Morgan fingerprint density at radius 1 is 0.584 bits per heavy atom. The Morgan fingerprint density at radius 2 is 1.25 bits per heavy atom. The molecule has 77 heavy (non-hydrogen) atoms. The summed E-state index contributed by atoms with van der Waals surface area (Å²) in [5.41, 5.74) is -6.13. The third-order valence-electron chi connectivity index (χ3n) is 15.2. The number of phenols is 1. The Balaban J connectivity index is 1.27. The highest BCUT2D eigenvalue weighted by Crippen LogP contribution is 2.47. The van der Waals surface area contributed by atoms with E-state index in [0.717, 1.165) is 18.4 Å². The Bertz CT molecular complexity index is 4570. The minimum atomic E-state index is -4.20. The standard InChI is InChI=1S/C73H81N3O/c1-46-38-51(48-32-35-73(14,15)36-33-48)28-30-58(46)50-26-24-47(25-27-50)52-34-37-74-63(42-52)54-39-53(40-56(41-54)70(5,6)7)59-22-19-23-65-66(59)75-68(61-44-57(71(8,9)10)45-62(67(61)77)72(11,12)13)76(65)64-31-29-55(69(2,3)4)43-60(64)49-20-17-16-18-21-49/h16-31,34,37-45,48,77H,32-33,35-36H2,1-15H3/i1D3,8D3,9D3,10D3,11D3,12D3,13D3,34D,42D,48D. The fourth-order valence-corrected chi connectivity index (χ4v) is 10.5. The van der Waals surface area contributed by atoms with Crippen molar-refractivity contribution in [2.24, 2.45) is 5.41 Å². The van der Waals surface area contributed by atoms with Crippen molar-refractivity contribution in [2.75, 3.05) is 0 Å². The number of benzene rings is 7. The summed E-state index contributed by atoms with van der Waals surface area (Å²) >= 11 is 0. The third-order valence-corrected chi connectivity index (χ3v) is 15.2. The molecule has 0 atom stereocenters. The highest BCUT2D eigenvalue weighted by molar-refractivity contribution is 5.98. The van der Waals surface area contributed by atoms with Crippen LogP contribution in [0, 0.1) is 12.3 Å². The van der Waals surface area contributed by atoms with Gasteiger partial charge < -0.3 is 5.11 Å². The maximum absolute atomic E-state index is 13.2. The van der Waals surface area contributed by atoms with Crippen molar-refractivity contribution in [3.05, 3.63) is 191 Å². The van der Waals surface area contributed by atoms with Gasteiger partial charge in [0, 0.05) is 58.6 Å². The number of aryl methyl sites for hydroxylation is 1. The van der Waals surface area contributed by atoms with Gasteiger partial charge in [-0.25, -0.2) is 4.98 Å².